The minimum absolute atomic E-state index is 0.0850. The van der Waals surface area contributed by atoms with Crippen LogP contribution in [0.4, 0.5) is 11.4 Å². The number of nitrogen functional groups attached to an aromatic ring is 1. The molecule has 1 aliphatic heterocycles. The molecule has 2 heterocycles. The summed E-state index contributed by atoms with van der Waals surface area (Å²) in [7, 11) is 1.96. The number of fused-ring (bicyclic) bond motifs is 1. The molecule has 6 nitrogen and oxygen atoms in total. The Morgan fingerprint density at radius 3 is 2.67 bits per heavy atom. The SMILES string of the molecule is CN1c2ccccc2C(=O)NC1c1c[nH]nc1-c1ccc(N)cc1. The number of amides is 1. The van der Waals surface area contributed by atoms with E-state index in [1.165, 1.54) is 0 Å². The number of carbonyl (C=O) groups is 1. The topological polar surface area (TPSA) is 87.0 Å². The maximum Gasteiger partial charge on any atom is 0.255 e. The Bertz CT molecular complexity index is 900. The van der Waals surface area contributed by atoms with E-state index < -0.39 is 0 Å². The number of anilines is 2. The number of hydrogen-bond acceptors (Lipinski definition) is 4. The standard InChI is InChI=1S/C18H17N5O/c1-23-15-5-3-2-4-13(15)18(24)21-17(23)14-10-20-22-16(14)11-6-8-12(19)9-7-11/h2-10,17H,19H2,1H3,(H,20,22)(H,21,24). The number of hydrogen-bond donors (Lipinski definition) is 3. The van der Waals surface area contributed by atoms with E-state index in [1.807, 2.05) is 66.7 Å². The van der Waals surface area contributed by atoms with Gasteiger partial charge < -0.3 is 16.0 Å². The zero-order chi connectivity index (χ0) is 16.7. The number of aromatic nitrogens is 2. The minimum atomic E-state index is -0.293. The largest absolute Gasteiger partial charge is 0.399 e. The third-order valence-corrected chi connectivity index (χ3v) is 4.33. The Kier molecular flexibility index (Phi) is 3.23. The second-order valence-electron chi connectivity index (χ2n) is 5.82. The normalized spacial score (nSPS) is 16.6. The van der Waals surface area contributed by atoms with Crippen molar-refractivity contribution in [1.29, 1.82) is 0 Å². The van der Waals surface area contributed by atoms with Crippen LogP contribution < -0.4 is 16.0 Å². The molecule has 1 aromatic heterocycles. The van der Waals surface area contributed by atoms with Crippen molar-refractivity contribution in [3.63, 3.8) is 0 Å². The molecule has 0 aliphatic carbocycles. The lowest BCUT2D eigenvalue weighted by Gasteiger charge is -2.36. The van der Waals surface area contributed by atoms with Crippen LogP contribution in [0.2, 0.25) is 0 Å². The highest BCUT2D eigenvalue weighted by molar-refractivity contribution is 6.02. The number of para-hydroxylation sites is 1. The highest BCUT2D eigenvalue weighted by Crippen LogP contribution is 2.35. The van der Waals surface area contributed by atoms with Crippen molar-refractivity contribution in [3.8, 4) is 11.3 Å². The molecule has 1 unspecified atom stereocenters. The first-order chi connectivity index (χ1) is 11.6. The lowest BCUT2D eigenvalue weighted by atomic mass is 10.0. The van der Waals surface area contributed by atoms with E-state index in [2.05, 4.69) is 15.5 Å². The number of rotatable bonds is 2. The maximum absolute atomic E-state index is 12.4. The molecule has 1 aliphatic rings. The number of H-pyrrole nitrogens is 1. The van der Waals surface area contributed by atoms with Crippen LogP contribution in [0, 0.1) is 0 Å². The van der Waals surface area contributed by atoms with Gasteiger partial charge in [0.05, 0.1) is 16.9 Å². The Morgan fingerprint density at radius 2 is 1.88 bits per heavy atom. The summed E-state index contributed by atoms with van der Waals surface area (Å²) in [6.07, 6.45) is 1.53. The average Bonchev–Trinajstić information content (AvgIpc) is 3.08. The highest BCUT2D eigenvalue weighted by Gasteiger charge is 2.31. The van der Waals surface area contributed by atoms with E-state index in [1.54, 1.807) is 0 Å². The van der Waals surface area contributed by atoms with E-state index in [0.717, 1.165) is 22.5 Å². The summed E-state index contributed by atoms with van der Waals surface area (Å²) in [5.41, 5.74) is 10.7. The molecule has 3 aromatic rings. The van der Waals surface area contributed by atoms with Crippen LogP contribution in [0.3, 0.4) is 0 Å². The molecule has 0 radical (unpaired) electrons. The molecule has 2 aromatic carbocycles. The monoisotopic (exact) mass is 319 g/mol. The van der Waals surface area contributed by atoms with E-state index in [4.69, 9.17) is 5.73 Å². The molecule has 120 valence electrons. The highest BCUT2D eigenvalue weighted by atomic mass is 16.2. The van der Waals surface area contributed by atoms with Crippen LogP contribution in [-0.2, 0) is 0 Å². The predicted molar refractivity (Wildman–Crippen MR) is 93.5 cm³/mol. The minimum Gasteiger partial charge on any atom is -0.399 e. The van der Waals surface area contributed by atoms with Gasteiger partial charge in [0.2, 0.25) is 0 Å². The van der Waals surface area contributed by atoms with Gasteiger partial charge in [-0.05, 0) is 24.3 Å². The molecule has 6 heteroatoms. The summed E-state index contributed by atoms with van der Waals surface area (Å²) in [4.78, 5) is 14.5. The van der Waals surface area contributed by atoms with Crippen LogP contribution in [0.1, 0.15) is 22.1 Å². The van der Waals surface area contributed by atoms with Crippen LogP contribution in [-0.4, -0.2) is 23.2 Å². The van der Waals surface area contributed by atoms with Crippen molar-refractivity contribution in [2.24, 2.45) is 0 Å². The molecule has 0 saturated heterocycles. The fourth-order valence-corrected chi connectivity index (χ4v) is 3.08. The Hall–Kier alpha value is -3.28. The summed E-state index contributed by atoms with van der Waals surface area (Å²) in [5, 5.41) is 10.3. The van der Waals surface area contributed by atoms with Crippen molar-refractivity contribution in [2.45, 2.75) is 6.17 Å². The number of nitrogens with one attached hydrogen (secondary N) is 2. The molecule has 4 rings (SSSR count). The molecule has 0 spiro atoms. The van der Waals surface area contributed by atoms with E-state index in [9.17, 15) is 4.79 Å². The number of aromatic amines is 1. The molecular formula is C18H17N5O. The lowest BCUT2D eigenvalue weighted by Crippen LogP contribution is -2.44. The van der Waals surface area contributed by atoms with Crippen molar-refractivity contribution in [2.75, 3.05) is 17.7 Å². The summed E-state index contributed by atoms with van der Waals surface area (Å²) in [6.45, 7) is 0. The zero-order valence-electron chi connectivity index (χ0n) is 13.2. The van der Waals surface area contributed by atoms with Crippen LogP contribution in [0.5, 0.6) is 0 Å². The molecule has 0 fully saturated rings. The fourth-order valence-electron chi connectivity index (χ4n) is 3.08. The quantitative estimate of drug-likeness (QED) is 0.634. The second kappa shape index (κ2) is 5.42. The number of nitrogens with zero attached hydrogens (tertiary/aromatic N) is 2. The first kappa shape index (κ1) is 14.3. The van der Waals surface area contributed by atoms with Gasteiger partial charge in [0.25, 0.3) is 5.91 Å². The summed E-state index contributed by atoms with van der Waals surface area (Å²) >= 11 is 0. The van der Waals surface area contributed by atoms with Crippen LogP contribution in [0.25, 0.3) is 11.3 Å². The second-order valence-corrected chi connectivity index (χ2v) is 5.82. The van der Waals surface area contributed by atoms with Gasteiger partial charge in [-0.15, -0.1) is 0 Å². The first-order valence-electron chi connectivity index (χ1n) is 7.67. The van der Waals surface area contributed by atoms with E-state index in [-0.39, 0.29) is 12.1 Å². The molecule has 0 saturated carbocycles. The maximum atomic E-state index is 12.4. The molecule has 1 atom stereocenters. The third-order valence-electron chi connectivity index (χ3n) is 4.33. The predicted octanol–water partition coefficient (Wildman–Crippen LogP) is 2.54. The smallest absolute Gasteiger partial charge is 0.255 e. The number of benzene rings is 2. The Balaban J connectivity index is 1.77. The van der Waals surface area contributed by atoms with Gasteiger partial charge in [-0.3, -0.25) is 9.89 Å². The zero-order valence-corrected chi connectivity index (χ0v) is 13.2. The van der Waals surface area contributed by atoms with Crippen molar-refractivity contribution in [1.82, 2.24) is 15.5 Å². The molecule has 4 N–H and O–H groups in total. The van der Waals surface area contributed by atoms with Gasteiger partial charge in [-0.1, -0.05) is 24.3 Å². The van der Waals surface area contributed by atoms with Crippen molar-refractivity contribution >= 4 is 17.3 Å². The molecule has 24 heavy (non-hydrogen) atoms. The number of nitrogens with two attached hydrogens (primary N) is 1. The third kappa shape index (κ3) is 2.20. The van der Waals surface area contributed by atoms with Gasteiger partial charge in [0.15, 0.2) is 0 Å². The molecule has 0 bridgehead atoms. The summed E-state index contributed by atoms with van der Waals surface area (Å²) in [6, 6.07) is 15.1. The first-order valence-corrected chi connectivity index (χ1v) is 7.67. The summed E-state index contributed by atoms with van der Waals surface area (Å²) < 4.78 is 0. The van der Waals surface area contributed by atoms with E-state index >= 15 is 0 Å². The van der Waals surface area contributed by atoms with Gasteiger partial charge in [0, 0.05) is 30.1 Å². The van der Waals surface area contributed by atoms with E-state index in [0.29, 0.717) is 11.3 Å². The fraction of sp³-hybridized carbons (Fsp3) is 0.111. The van der Waals surface area contributed by atoms with Crippen molar-refractivity contribution < 1.29 is 4.79 Å². The molecule has 1 amide bonds. The Labute approximate surface area is 139 Å². The van der Waals surface area contributed by atoms with Crippen LogP contribution >= 0.6 is 0 Å². The number of carbonyl (C=O) groups excluding carboxylic acids is 1. The summed E-state index contributed by atoms with van der Waals surface area (Å²) in [5.74, 6) is -0.0850. The average molecular weight is 319 g/mol. The lowest BCUT2D eigenvalue weighted by molar-refractivity contribution is 0.0928. The van der Waals surface area contributed by atoms with Gasteiger partial charge in [-0.2, -0.15) is 5.10 Å². The van der Waals surface area contributed by atoms with Gasteiger partial charge >= 0.3 is 0 Å². The van der Waals surface area contributed by atoms with Crippen molar-refractivity contribution in [3.05, 3.63) is 65.9 Å². The molecular weight excluding hydrogens is 302 g/mol. The Morgan fingerprint density at radius 1 is 1.12 bits per heavy atom. The van der Waals surface area contributed by atoms with Gasteiger partial charge in [0.1, 0.15) is 6.17 Å². The van der Waals surface area contributed by atoms with Crippen LogP contribution in [0.15, 0.2) is 54.7 Å². The van der Waals surface area contributed by atoms with Gasteiger partial charge in [-0.25, -0.2) is 0 Å².